The minimum atomic E-state index is -0.325. The Morgan fingerprint density at radius 2 is 1.60 bits per heavy atom. The summed E-state index contributed by atoms with van der Waals surface area (Å²) in [5.41, 5.74) is 3.24. The van der Waals surface area contributed by atoms with Gasteiger partial charge in [0.1, 0.15) is 11.4 Å². The van der Waals surface area contributed by atoms with Gasteiger partial charge < -0.3 is 15.0 Å². The molecule has 25 heavy (non-hydrogen) atoms. The zero-order valence-electron chi connectivity index (χ0n) is 14.4. The lowest BCUT2D eigenvalue weighted by atomic mass is 10.1. The maximum Gasteiger partial charge on any atom is 0.274 e. The monoisotopic (exact) mass is 339 g/mol. The molecular formula is C19H21N3O3. The molecule has 1 fully saturated rings. The van der Waals surface area contributed by atoms with E-state index in [9.17, 15) is 9.59 Å². The number of aryl methyl sites for hydroxylation is 2. The highest BCUT2D eigenvalue weighted by molar-refractivity contribution is 6.04. The van der Waals surface area contributed by atoms with Crippen molar-refractivity contribution in [1.29, 1.82) is 0 Å². The fourth-order valence-electron chi connectivity index (χ4n) is 2.80. The van der Waals surface area contributed by atoms with Crippen LogP contribution in [-0.4, -0.2) is 48.0 Å². The smallest absolute Gasteiger partial charge is 0.274 e. The normalized spacial score (nSPS) is 14.2. The number of rotatable bonds is 3. The van der Waals surface area contributed by atoms with E-state index in [2.05, 4.69) is 10.3 Å². The molecule has 0 bridgehead atoms. The Balaban J connectivity index is 1.78. The first-order valence-electron chi connectivity index (χ1n) is 8.28. The zero-order valence-corrected chi connectivity index (χ0v) is 14.4. The second kappa shape index (κ2) is 7.44. The van der Waals surface area contributed by atoms with Gasteiger partial charge in [-0.3, -0.25) is 9.59 Å². The molecule has 0 saturated carbocycles. The van der Waals surface area contributed by atoms with E-state index in [-0.39, 0.29) is 23.2 Å². The fourth-order valence-corrected chi connectivity index (χ4v) is 2.80. The van der Waals surface area contributed by atoms with E-state index in [0.29, 0.717) is 26.3 Å². The molecule has 1 aromatic heterocycles. The van der Waals surface area contributed by atoms with Crippen LogP contribution >= 0.6 is 0 Å². The van der Waals surface area contributed by atoms with Gasteiger partial charge in [0.2, 0.25) is 0 Å². The number of carbonyl (C=O) groups excluding carboxylic acids is 2. The van der Waals surface area contributed by atoms with Crippen LogP contribution in [0.1, 0.15) is 32.1 Å². The third-order valence-corrected chi connectivity index (χ3v) is 4.22. The van der Waals surface area contributed by atoms with E-state index < -0.39 is 0 Å². The first kappa shape index (κ1) is 17.1. The van der Waals surface area contributed by atoms with Crippen LogP contribution in [0.2, 0.25) is 0 Å². The minimum absolute atomic E-state index is 0.176. The van der Waals surface area contributed by atoms with Crippen molar-refractivity contribution in [3.05, 3.63) is 58.9 Å². The van der Waals surface area contributed by atoms with Crippen molar-refractivity contribution in [1.82, 2.24) is 9.88 Å². The SMILES string of the molecule is Cc1cccc(C)c1NC(=O)c1cccc(C(=O)N2CCOCC2)n1. The number of pyridine rings is 1. The van der Waals surface area contributed by atoms with Gasteiger partial charge in [0, 0.05) is 18.8 Å². The minimum Gasteiger partial charge on any atom is -0.378 e. The summed E-state index contributed by atoms with van der Waals surface area (Å²) in [6.07, 6.45) is 0. The van der Waals surface area contributed by atoms with Crippen LogP contribution in [0.15, 0.2) is 36.4 Å². The first-order valence-corrected chi connectivity index (χ1v) is 8.28. The van der Waals surface area contributed by atoms with Crippen LogP contribution < -0.4 is 5.32 Å². The number of ether oxygens (including phenoxy) is 1. The van der Waals surface area contributed by atoms with E-state index in [0.717, 1.165) is 16.8 Å². The highest BCUT2D eigenvalue weighted by atomic mass is 16.5. The van der Waals surface area contributed by atoms with Gasteiger partial charge in [0.15, 0.2) is 0 Å². The predicted octanol–water partition coefficient (Wildman–Crippen LogP) is 2.42. The number of hydrogen-bond donors (Lipinski definition) is 1. The number of morpholine rings is 1. The molecule has 130 valence electrons. The number of benzene rings is 1. The molecule has 1 aliphatic rings. The molecule has 1 aromatic carbocycles. The summed E-state index contributed by atoms with van der Waals surface area (Å²) in [5.74, 6) is -0.501. The molecule has 6 nitrogen and oxygen atoms in total. The lowest BCUT2D eigenvalue weighted by molar-refractivity contribution is 0.0299. The number of para-hydroxylation sites is 1. The molecule has 1 N–H and O–H groups in total. The number of carbonyl (C=O) groups is 2. The number of anilines is 1. The molecule has 0 unspecified atom stereocenters. The maximum atomic E-state index is 12.6. The highest BCUT2D eigenvalue weighted by Crippen LogP contribution is 2.20. The zero-order chi connectivity index (χ0) is 17.8. The average Bonchev–Trinajstić information content (AvgIpc) is 2.65. The summed E-state index contributed by atoms with van der Waals surface area (Å²) in [4.78, 5) is 31.0. The number of nitrogens with zero attached hydrogens (tertiary/aromatic N) is 2. The molecule has 3 rings (SSSR count). The Morgan fingerprint density at radius 3 is 2.28 bits per heavy atom. The van der Waals surface area contributed by atoms with Crippen LogP contribution in [-0.2, 0) is 4.74 Å². The van der Waals surface area contributed by atoms with E-state index in [1.54, 1.807) is 23.1 Å². The third-order valence-electron chi connectivity index (χ3n) is 4.22. The number of amides is 2. The lowest BCUT2D eigenvalue weighted by Crippen LogP contribution is -2.41. The Bertz CT molecular complexity index is 778. The largest absolute Gasteiger partial charge is 0.378 e. The van der Waals surface area contributed by atoms with E-state index in [1.165, 1.54) is 0 Å². The molecule has 2 amide bonds. The molecule has 0 atom stereocenters. The predicted molar refractivity (Wildman–Crippen MR) is 94.8 cm³/mol. The topological polar surface area (TPSA) is 71.5 Å². The molecule has 6 heteroatoms. The molecule has 0 radical (unpaired) electrons. The summed E-state index contributed by atoms with van der Waals surface area (Å²) in [7, 11) is 0. The maximum absolute atomic E-state index is 12.6. The molecule has 2 aromatic rings. The van der Waals surface area contributed by atoms with E-state index in [1.807, 2.05) is 32.0 Å². The second-order valence-electron chi connectivity index (χ2n) is 6.03. The average molecular weight is 339 g/mol. The fraction of sp³-hybridized carbons (Fsp3) is 0.316. The Morgan fingerprint density at radius 1 is 1.00 bits per heavy atom. The van der Waals surface area contributed by atoms with Crippen molar-refractivity contribution < 1.29 is 14.3 Å². The summed E-state index contributed by atoms with van der Waals surface area (Å²) >= 11 is 0. The van der Waals surface area contributed by atoms with Crippen molar-refractivity contribution in [2.75, 3.05) is 31.6 Å². The molecule has 2 heterocycles. The Labute approximate surface area is 146 Å². The number of aromatic nitrogens is 1. The second-order valence-corrected chi connectivity index (χ2v) is 6.03. The van der Waals surface area contributed by atoms with Crippen molar-refractivity contribution in [3.8, 4) is 0 Å². The quantitative estimate of drug-likeness (QED) is 0.932. The van der Waals surface area contributed by atoms with Crippen LogP contribution in [0.5, 0.6) is 0 Å². The van der Waals surface area contributed by atoms with Crippen molar-refractivity contribution in [3.63, 3.8) is 0 Å². The Hall–Kier alpha value is -2.73. The van der Waals surface area contributed by atoms with Gasteiger partial charge in [-0.05, 0) is 37.1 Å². The molecule has 0 aliphatic carbocycles. The number of hydrogen-bond acceptors (Lipinski definition) is 4. The van der Waals surface area contributed by atoms with Crippen LogP contribution in [0.4, 0.5) is 5.69 Å². The lowest BCUT2D eigenvalue weighted by Gasteiger charge is -2.26. The van der Waals surface area contributed by atoms with E-state index in [4.69, 9.17) is 4.74 Å². The molecule has 1 saturated heterocycles. The van der Waals surface area contributed by atoms with Gasteiger partial charge in [-0.2, -0.15) is 0 Å². The van der Waals surface area contributed by atoms with Crippen LogP contribution in [0, 0.1) is 13.8 Å². The first-order chi connectivity index (χ1) is 12.1. The van der Waals surface area contributed by atoms with Gasteiger partial charge >= 0.3 is 0 Å². The van der Waals surface area contributed by atoms with Gasteiger partial charge in [-0.25, -0.2) is 4.98 Å². The summed E-state index contributed by atoms with van der Waals surface area (Å²) in [6, 6.07) is 10.7. The van der Waals surface area contributed by atoms with Gasteiger partial charge in [0.25, 0.3) is 11.8 Å². The molecule has 1 aliphatic heterocycles. The molecule has 0 spiro atoms. The van der Waals surface area contributed by atoms with Gasteiger partial charge in [-0.1, -0.05) is 24.3 Å². The van der Waals surface area contributed by atoms with E-state index >= 15 is 0 Å². The van der Waals surface area contributed by atoms with Crippen LogP contribution in [0.3, 0.4) is 0 Å². The van der Waals surface area contributed by atoms with Crippen molar-refractivity contribution in [2.45, 2.75) is 13.8 Å². The summed E-state index contributed by atoms with van der Waals surface area (Å²) in [6.45, 7) is 6.01. The van der Waals surface area contributed by atoms with Gasteiger partial charge in [-0.15, -0.1) is 0 Å². The van der Waals surface area contributed by atoms with Crippen molar-refractivity contribution >= 4 is 17.5 Å². The summed E-state index contributed by atoms with van der Waals surface area (Å²) < 4.78 is 5.26. The Kier molecular flexibility index (Phi) is 5.09. The van der Waals surface area contributed by atoms with Crippen molar-refractivity contribution in [2.24, 2.45) is 0 Å². The third kappa shape index (κ3) is 3.85. The standard InChI is InChI=1S/C19H21N3O3/c1-13-5-3-6-14(2)17(13)21-18(23)15-7-4-8-16(20-15)19(24)22-9-11-25-12-10-22/h3-8H,9-12H2,1-2H3,(H,21,23). The van der Waals surface area contributed by atoms with Gasteiger partial charge in [0.05, 0.1) is 13.2 Å². The molecular weight excluding hydrogens is 318 g/mol. The summed E-state index contributed by atoms with van der Waals surface area (Å²) in [5, 5.41) is 2.89. The van der Waals surface area contributed by atoms with Crippen LogP contribution in [0.25, 0.3) is 0 Å². The highest BCUT2D eigenvalue weighted by Gasteiger charge is 2.21. The number of nitrogens with one attached hydrogen (secondary N) is 1.